The van der Waals surface area contributed by atoms with Crippen LogP contribution in [-0.4, -0.2) is 14.5 Å². The van der Waals surface area contributed by atoms with E-state index in [-0.39, 0.29) is 31.9 Å². The minimum atomic E-state index is -0.304. The first kappa shape index (κ1) is 29.5. The molecule has 45 heavy (non-hydrogen) atoms. The van der Waals surface area contributed by atoms with Gasteiger partial charge in [-0.25, -0.2) is 4.98 Å². The molecule has 226 valence electrons. The molecule has 0 saturated heterocycles. The molecule has 5 nitrogen and oxygen atoms in total. The maximum atomic E-state index is 6.47. The van der Waals surface area contributed by atoms with Crippen LogP contribution in [0.3, 0.4) is 0 Å². The minimum Gasteiger partial charge on any atom is -0.514 e. The van der Waals surface area contributed by atoms with Crippen molar-refractivity contribution >= 4 is 32.8 Å². The van der Waals surface area contributed by atoms with Gasteiger partial charge in [0.1, 0.15) is 5.82 Å². The quantitative estimate of drug-likeness (QED) is 0.168. The van der Waals surface area contributed by atoms with Crippen LogP contribution in [0, 0.1) is 26.0 Å². The molecule has 1 aliphatic rings. The van der Waals surface area contributed by atoms with Gasteiger partial charge in [-0.2, -0.15) is 6.07 Å². The van der Waals surface area contributed by atoms with Gasteiger partial charge in [0.25, 0.3) is 0 Å². The monoisotopic (exact) mass is 770 g/mol. The molecule has 4 heterocycles. The summed E-state index contributed by atoms with van der Waals surface area (Å²) in [7, 11) is 0. The van der Waals surface area contributed by atoms with Crippen LogP contribution in [-0.2, 0) is 31.9 Å². The fourth-order valence-electron chi connectivity index (χ4n) is 6.43. The third-order valence-electron chi connectivity index (χ3n) is 9.17. The van der Waals surface area contributed by atoms with Crippen molar-refractivity contribution in [3.05, 3.63) is 113 Å². The second kappa shape index (κ2) is 10.2. The van der Waals surface area contributed by atoms with Gasteiger partial charge in [-0.05, 0) is 78.4 Å². The predicted molar refractivity (Wildman–Crippen MR) is 176 cm³/mol. The van der Waals surface area contributed by atoms with Gasteiger partial charge in [-0.3, -0.25) is 4.98 Å². The van der Waals surface area contributed by atoms with E-state index in [0.29, 0.717) is 11.5 Å². The van der Waals surface area contributed by atoms with Gasteiger partial charge in [0, 0.05) is 46.1 Å². The van der Waals surface area contributed by atoms with Crippen LogP contribution in [0.25, 0.3) is 49.9 Å². The standard InChI is InChI=1S/C39H33N3O2.Pt/c1-22-16-34(40-20-23(22)2)42-31-11-9-8-10-27(31)28-14-12-26(19-32(28)42)43-25-13-15-33-29(18-25)35-36-30(39(6,7)37(35)44-33)17-24(21-41-36)38(3,4)5;/h8-17,20-21H,1-7H3;/q-2;+2. The molecule has 4 aromatic heterocycles. The van der Waals surface area contributed by atoms with Crippen molar-refractivity contribution in [1.82, 2.24) is 14.5 Å². The molecule has 7 aromatic rings. The Kier molecular flexibility index (Phi) is 6.65. The second-order valence-electron chi connectivity index (χ2n) is 13.5. The predicted octanol–water partition coefficient (Wildman–Crippen LogP) is 9.93. The summed E-state index contributed by atoms with van der Waals surface area (Å²) in [6, 6.07) is 27.8. The summed E-state index contributed by atoms with van der Waals surface area (Å²) in [5.74, 6) is 2.99. The first-order valence-electron chi connectivity index (χ1n) is 15.1. The Morgan fingerprint density at radius 2 is 1.60 bits per heavy atom. The molecule has 0 aliphatic heterocycles. The van der Waals surface area contributed by atoms with Crippen molar-refractivity contribution in [2.45, 2.75) is 59.3 Å². The maximum Gasteiger partial charge on any atom is 2.00 e. The summed E-state index contributed by atoms with van der Waals surface area (Å²) in [5, 5.41) is 3.13. The number of para-hydroxylation sites is 1. The summed E-state index contributed by atoms with van der Waals surface area (Å²) in [5.41, 5.74) is 9.20. The van der Waals surface area contributed by atoms with Crippen molar-refractivity contribution in [2.75, 3.05) is 0 Å². The van der Waals surface area contributed by atoms with Crippen LogP contribution in [0.1, 0.15) is 62.6 Å². The summed E-state index contributed by atoms with van der Waals surface area (Å²) in [6.07, 6.45) is 3.92. The van der Waals surface area contributed by atoms with E-state index in [2.05, 4.69) is 108 Å². The van der Waals surface area contributed by atoms with Crippen LogP contribution in [0.5, 0.6) is 11.5 Å². The average molecular weight is 771 g/mol. The van der Waals surface area contributed by atoms with E-state index in [4.69, 9.17) is 19.1 Å². The van der Waals surface area contributed by atoms with Gasteiger partial charge in [-0.1, -0.05) is 74.1 Å². The van der Waals surface area contributed by atoms with Crippen molar-refractivity contribution in [3.8, 4) is 28.6 Å². The number of hydrogen-bond donors (Lipinski definition) is 0. The molecule has 0 fully saturated rings. The number of fused-ring (bicyclic) bond motifs is 8. The van der Waals surface area contributed by atoms with Crippen molar-refractivity contribution in [3.63, 3.8) is 0 Å². The van der Waals surface area contributed by atoms with E-state index >= 15 is 0 Å². The van der Waals surface area contributed by atoms with Gasteiger partial charge in [0.05, 0.1) is 5.76 Å². The molecule has 0 spiro atoms. The van der Waals surface area contributed by atoms with E-state index < -0.39 is 0 Å². The molecular weight excluding hydrogens is 738 g/mol. The van der Waals surface area contributed by atoms with E-state index in [1.54, 1.807) is 0 Å². The first-order chi connectivity index (χ1) is 21.0. The van der Waals surface area contributed by atoms with Crippen molar-refractivity contribution in [1.29, 1.82) is 0 Å². The Labute approximate surface area is 277 Å². The molecule has 3 aromatic carbocycles. The van der Waals surface area contributed by atoms with Crippen LogP contribution in [0.2, 0.25) is 0 Å². The first-order valence-corrected chi connectivity index (χ1v) is 15.1. The number of benzene rings is 3. The van der Waals surface area contributed by atoms with E-state index in [9.17, 15) is 0 Å². The van der Waals surface area contributed by atoms with Crippen LogP contribution < -0.4 is 4.74 Å². The number of furan rings is 1. The van der Waals surface area contributed by atoms with Gasteiger partial charge in [0.2, 0.25) is 0 Å². The zero-order chi connectivity index (χ0) is 30.5. The molecule has 0 N–H and O–H groups in total. The molecule has 0 radical (unpaired) electrons. The minimum absolute atomic E-state index is 0. The molecule has 6 heteroatoms. The smallest absolute Gasteiger partial charge is 0.514 e. The Bertz CT molecular complexity index is 2300. The fraction of sp³-hybridized carbons (Fsp3) is 0.231. The summed E-state index contributed by atoms with van der Waals surface area (Å²) in [6.45, 7) is 15.3. The zero-order valence-electron chi connectivity index (χ0n) is 26.4. The van der Waals surface area contributed by atoms with Crippen molar-refractivity contribution in [2.24, 2.45) is 0 Å². The van der Waals surface area contributed by atoms with Gasteiger partial charge in [-0.15, -0.1) is 17.5 Å². The fourth-order valence-corrected chi connectivity index (χ4v) is 6.43. The van der Waals surface area contributed by atoms with E-state index in [1.165, 1.54) is 16.7 Å². The topological polar surface area (TPSA) is 53.1 Å². The third-order valence-corrected chi connectivity index (χ3v) is 9.17. The number of rotatable bonds is 3. The number of ether oxygens (including phenoxy) is 1. The van der Waals surface area contributed by atoms with Crippen LogP contribution in [0.4, 0.5) is 0 Å². The molecule has 0 atom stereocenters. The normalized spacial score (nSPS) is 13.7. The molecule has 0 amide bonds. The third kappa shape index (κ3) is 4.47. The Hall–Kier alpha value is -4.21. The molecule has 8 rings (SSSR count). The zero-order valence-corrected chi connectivity index (χ0v) is 28.7. The molecule has 0 bridgehead atoms. The molecule has 1 aliphatic carbocycles. The second-order valence-corrected chi connectivity index (χ2v) is 13.5. The van der Waals surface area contributed by atoms with Gasteiger partial charge in [0.15, 0.2) is 0 Å². The summed E-state index contributed by atoms with van der Waals surface area (Å²) >= 11 is 0. The number of pyridine rings is 2. The molecular formula is C39H33N3O2Pt. The number of aromatic nitrogens is 3. The van der Waals surface area contributed by atoms with Gasteiger partial charge < -0.3 is 13.7 Å². The Balaban J connectivity index is 0.00000325. The van der Waals surface area contributed by atoms with Crippen LogP contribution in [0.15, 0.2) is 77.5 Å². The van der Waals surface area contributed by atoms with Gasteiger partial charge >= 0.3 is 21.1 Å². The Morgan fingerprint density at radius 1 is 0.844 bits per heavy atom. The van der Waals surface area contributed by atoms with Crippen molar-refractivity contribution < 1.29 is 30.2 Å². The summed E-state index contributed by atoms with van der Waals surface area (Å²) in [4.78, 5) is 9.75. The number of nitrogens with zero attached hydrogens (tertiary/aromatic N) is 3. The summed E-state index contributed by atoms with van der Waals surface area (Å²) < 4.78 is 15.1. The van der Waals surface area contributed by atoms with E-state index in [1.807, 2.05) is 30.6 Å². The largest absolute Gasteiger partial charge is 2.00 e. The SMILES string of the molecule is Cc1cnc(-n2c3[c-]c(Oc4[c-]c5c6c(oc5cc4)C(C)(C)c4cc(C(C)(C)C)cnc4-6)ccc3c3ccccc32)cc1C.[Pt+2]. The number of aryl methyl sites for hydroxylation is 2. The number of hydrogen-bond acceptors (Lipinski definition) is 4. The van der Waals surface area contributed by atoms with E-state index in [0.717, 1.165) is 61.2 Å². The molecule has 0 saturated carbocycles. The molecule has 0 unspecified atom stereocenters. The van der Waals surface area contributed by atoms with Crippen LogP contribution >= 0.6 is 0 Å². The average Bonchev–Trinajstić information content (AvgIpc) is 3.60. The maximum absolute atomic E-state index is 6.47. The Morgan fingerprint density at radius 3 is 2.38 bits per heavy atom.